The van der Waals surface area contributed by atoms with Gasteiger partial charge in [0, 0.05) is 23.7 Å². The van der Waals surface area contributed by atoms with Crippen LogP contribution in [0.2, 0.25) is 0 Å². The van der Waals surface area contributed by atoms with Crippen LogP contribution in [-0.4, -0.2) is 19.5 Å². The fourth-order valence-corrected chi connectivity index (χ4v) is 2.24. The molecule has 0 unspecified atom stereocenters. The van der Waals surface area contributed by atoms with Gasteiger partial charge in [-0.25, -0.2) is 9.97 Å². The van der Waals surface area contributed by atoms with Crippen molar-refractivity contribution in [3.05, 3.63) is 71.2 Å². The maximum Gasteiger partial charge on any atom is 0.433 e. The molecule has 0 fully saturated rings. The molecule has 3 heterocycles. The van der Waals surface area contributed by atoms with Gasteiger partial charge in [0.05, 0.1) is 0 Å². The maximum atomic E-state index is 12.8. The van der Waals surface area contributed by atoms with Crippen LogP contribution in [0.25, 0.3) is 5.82 Å². The minimum Gasteiger partial charge on any atom is -0.287 e. The van der Waals surface area contributed by atoms with Crippen molar-refractivity contribution in [1.82, 2.24) is 19.5 Å². The zero-order valence-electron chi connectivity index (χ0n) is 13.5. The van der Waals surface area contributed by atoms with Crippen molar-refractivity contribution in [3.8, 4) is 17.7 Å². The zero-order valence-corrected chi connectivity index (χ0v) is 13.5. The molecule has 0 saturated carbocycles. The van der Waals surface area contributed by atoms with Crippen molar-refractivity contribution in [2.75, 3.05) is 0 Å². The molecule has 0 atom stereocenters. The molecular weight excluding hydrogens is 329 g/mol. The molecule has 25 heavy (non-hydrogen) atoms. The molecule has 0 aliphatic carbocycles. The Bertz CT molecular complexity index is 978. The Morgan fingerprint density at radius 2 is 1.84 bits per heavy atom. The van der Waals surface area contributed by atoms with E-state index >= 15 is 0 Å². The fraction of sp³-hybridized carbons (Fsp3) is 0.167. The zero-order chi connectivity index (χ0) is 18.0. The molecule has 0 N–H and O–H groups in total. The Labute approximate surface area is 142 Å². The molecule has 0 radical (unpaired) electrons. The number of pyridine rings is 2. The van der Waals surface area contributed by atoms with Crippen molar-refractivity contribution in [2.24, 2.45) is 0 Å². The molecule has 0 aliphatic rings. The Morgan fingerprint density at radius 3 is 2.56 bits per heavy atom. The molecule has 0 amide bonds. The minimum absolute atomic E-state index is 0.146. The Balaban J connectivity index is 1.94. The average molecular weight is 342 g/mol. The molecule has 126 valence electrons. The highest BCUT2D eigenvalue weighted by Crippen LogP contribution is 2.28. The first-order valence-electron chi connectivity index (χ1n) is 7.38. The van der Waals surface area contributed by atoms with Gasteiger partial charge in [-0.15, -0.1) is 0 Å². The third-order valence-electron chi connectivity index (χ3n) is 3.39. The lowest BCUT2D eigenvalue weighted by Gasteiger charge is -2.08. The van der Waals surface area contributed by atoms with Gasteiger partial charge in [-0.1, -0.05) is 12.0 Å². The van der Waals surface area contributed by atoms with Gasteiger partial charge in [0.25, 0.3) is 0 Å². The van der Waals surface area contributed by atoms with E-state index in [2.05, 4.69) is 26.8 Å². The van der Waals surface area contributed by atoms with Crippen LogP contribution in [0.15, 0.2) is 42.7 Å². The van der Waals surface area contributed by atoms with Crippen molar-refractivity contribution in [2.45, 2.75) is 20.0 Å². The molecular formula is C18H13F3N4. The lowest BCUT2D eigenvalue weighted by atomic mass is 10.2. The number of alkyl halides is 3. The summed E-state index contributed by atoms with van der Waals surface area (Å²) in [5.74, 6) is 6.52. The first kappa shape index (κ1) is 16.7. The van der Waals surface area contributed by atoms with Gasteiger partial charge in [0.1, 0.15) is 23.0 Å². The number of rotatable bonds is 1. The van der Waals surface area contributed by atoms with E-state index in [0.29, 0.717) is 11.5 Å². The van der Waals surface area contributed by atoms with E-state index in [9.17, 15) is 13.2 Å². The van der Waals surface area contributed by atoms with E-state index in [1.165, 1.54) is 16.7 Å². The summed E-state index contributed by atoms with van der Waals surface area (Å²) in [5, 5.41) is 0. The lowest BCUT2D eigenvalue weighted by Crippen LogP contribution is -2.10. The molecule has 0 aliphatic heterocycles. The van der Waals surface area contributed by atoms with Crippen molar-refractivity contribution >= 4 is 0 Å². The van der Waals surface area contributed by atoms with E-state index in [1.807, 2.05) is 13.0 Å². The predicted octanol–water partition coefficient (Wildman–Crippen LogP) is 3.70. The van der Waals surface area contributed by atoms with Gasteiger partial charge in [0.2, 0.25) is 0 Å². The number of hydrogen-bond donors (Lipinski definition) is 0. The summed E-state index contributed by atoms with van der Waals surface area (Å²) in [6, 6.07) is 7.36. The summed E-state index contributed by atoms with van der Waals surface area (Å²) >= 11 is 0. The van der Waals surface area contributed by atoms with Crippen LogP contribution in [0.1, 0.15) is 28.5 Å². The average Bonchev–Trinajstić information content (AvgIpc) is 2.93. The third-order valence-corrected chi connectivity index (χ3v) is 3.39. The van der Waals surface area contributed by atoms with E-state index in [4.69, 9.17) is 0 Å². The van der Waals surface area contributed by atoms with Gasteiger partial charge in [-0.3, -0.25) is 9.55 Å². The highest BCUT2D eigenvalue weighted by atomic mass is 19.4. The quantitative estimate of drug-likeness (QED) is 0.634. The lowest BCUT2D eigenvalue weighted by molar-refractivity contribution is -0.141. The largest absolute Gasteiger partial charge is 0.433 e. The summed E-state index contributed by atoms with van der Waals surface area (Å²) in [6.45, 7) is 3.55. The first-order chi connectivity index (χ1) is 11.8. The van der Waals surface area contributed by atoms with Gasteiger partial charge < -0.3 is 0 Å². The molecule has 3 aromatic heterocycles. The number of nitrogens with zero attached hydrogens (tertiary/aromatic N) is 4. The van der Waals surface area contributed by atoms with Crippen molar-refractivity contribution in [3.63, 3.8) is 0 Å². The minimum atomic E-state index is -4.49. The smallest absolute Gasteiger partial charge is 0.287 e. The van der Waals surface area contributed by atoms with Gasteiger partial charge in [-0.05, 0) is 44.0 Å². The second-order valence-corrected chi connectivity index (χ2v) is 5.36. The molecule has 0 bridgehead atoms. The Kier molecular flexibility index (Phi) is 4.28. The molecule has 3 rings (SSSR count). The van der Waals surface area contributed by atoms with Crippen LogP contribution in [0.4, 0.5) is 13.2 Å². The van der Waals surface area contributed by atoms with Crippen molar-refractivity contribution in [1.29, 1.82) is 0 Å². The highest BCUT2D eigenvalue weighted by Gasteiger charge is 2.32. The first-order valence-corrected chi connectivity index (χ1v) is 7.38. The molecule has 4 nitrogen and oxygen atoms in total. The van der Waals surface area contributed by atoms with Crippen LogP contribution in [-0.2, 0) is 6.18 Å². The van der Waals surface area contributed by atoms with Crippen LogP contribution in [0.5, 0.6) is 0 Å². The molecule has 7 heteroatoms. The normalized spacial score (nSPS) is 11.1. The summed E-state index contributed by atoms with van der Waals surface area (Å²) in [5.41, 5.74) is 1.14. The molecule has 0 saturated heterocycles. The van der Waals surface area contributed by atoms with Crippen LogP contribution >= 0.6 is 0 Å². The number of hydrogen-bond acceptors (Lipinski definition) is 3. The van der Waals surface area contributed by atoms with E-state index in [-0.39, 0.29) is 5.82 Å². The summed E-state index contributed by atoms with van der Waals surface area (Å²) in [4.78, 5) is 12.0. The number of imidazole rings is 1. The second kappa shape index (κ2) is 6.40. The van der Waals surface area contributed by atoms with Gasteiger partial charge in [-0.2, -0.15) is 13.2 Å². The Hall–Kier alpha value is -3.14. The maximum absolute atomic E-state index is 12.8. The topological polar surface area (TPSA) is 43.6 Å². The summed E-state index contributed by atoms with van der Waals surface area (Å²) in [6.07, 6.45) is -1.26. The summed E-state index contributed by atoms with van der Waals surface area (Å²) in [7, 11) is 0. The van der Waals surface area contributed by atoms with Crippen LogP contribution in [0, 0.1) is 25.7 Å². The van der Waals surface area contributed by atoms with Crippen LogP contribution in [0.3, 0.4) is 0 Å². The van der Waals surface area contributed by atoms with Gasteiger partial charge >= 0.3 is 6.18 Å². The van der Waals surface area contributed by atoms with Gasteiger partial charge in [0.15, 0.2) is 0 Å². The standard InChI is InChI=1S/C18H13F3N4/c1-12-10-14(8-9-22-12)6-7-15-11-25(13(2)23-15)17-5-3-4-16(24-17)18(19,20)21/h3-5,8-11H,1-2H3. The molecule has 0 aromatic carbocycles. The number of aromatic nitrogens is 4. The monoisotopic (exact) mass is 342 g/mol. The number of aryl methyl sites for hydroxylation is 2. The predicted molar refractivity (Wildman–Crippen MR) is 86.1 cm³/mol. The van der Waals surface area contributed by atoms with Crippen LogP contribution < -0.4 is 0 Å². The van der Waals surface area contributed by atoms with Crippen molar-refractivity contribution < 1.29 is 13.2 Å². The SMILES string of the molecule is Cc1cc(C#Cc2cn(-c3cccc(C(F)(F)F)n3)c(C)n2)ccn1. The number of halogens is 3. The van der Waals surface area contributed by atoms with E-state index in [1.54, 1.807) is 25.4 Å². The fourth-order valence-electron chi connectivity index (χ4n) is 2.24. The molecule has 3 aromatic rings. The third kappa shape index (κ3) is 3.86. The van der Waals surface area contributed by atoms with E-state index in [0.717, 1.165) is 17.3 Å². The second-order valence-electron chi connectivity index (χ2n) is 5.36. The molecule has 0 spiro atoms. The Morgan fingerprint density at radius 1 is 1.04 bits per heavy atom. The highest BCUT2D eigenvalue weighted by molar-refractivity contribution is 5.41. The van der Waals surface area contributed by atoms with E-state index < -0.39 is 11.9 Å². The summed E-state index contributed by atoms with van der Waals surface area (Å²) < 4.78 is 39.9.